The summed E-state index contributed by atoms with van der Waals surface area (Å²) in [4.78, 5) is 0. The van der Waals surface area contributed by atoms with Crippen LogP contribution in [-0.4, -0.2) is 17.6 Å². The minimum Gasteiger partial charge on any atom is -0.403 e. The molecule has 114 valence electrons. The number of alkyl halides is 3. The highest BCUT2D eigenvalue weighted by molar-refractivity contribution is 5.85. The van der Waals surface area contributed by atoms with Gasteiger partial charge in [0.2, 0.25) is 0 Å². The number of aliphatic hydroxyl groups excluding tert-OH is 1. The zero-order valence-corrected chi connectivity index (χ0v) is 11.0. The van der Waals surface area contributed by atoms with E-state index in [2.05, 4.69) is 4.74 Å². The van der Waals surface area contributed by atoms with Gasteiger partial charge in [-0.05, 0) is 36.5 Å². The van der Waals surface area contributed by atoms with Crippen LogP contribution in [-0.2, 0) is 0 Å². The fourth-order valence-electron chi connectivity index (χ4n) is 1.86. The van der Waals surface area contributed by atoms with Crippen molar-refractivity contribution in [1.82, 2.24) is 0 Å². The quantitative estimate of drug-likeness (QED) is 0.840. The second kappa shape index (κ2) is 6.15. The van der Waals surface area contributed by atoms with Gasteiger partial charge in [0, 0.05) is 0 Å². The number of benzene rings is 1. The number of hydrogen-bond donors (Lipinski definition) is 2. The van der Waals surface area contributed by atoms with Crippen molar-refractivity contribution in [1.29, 1.82) is 0 Å². The topological polar surface area (TPSA) is 55.5 Å². The maximum Gasteiger partial charge on any atom is 0.573 e. The molecule has 0 aromatic heterocycles. The molecule has 1 aliphatic rings. The van der Waals surface area contributed by atoms with Crippen molar-refractivity contribution in [2.75, 3.05) is 0 Å². The zero-order chi connectivity index (χ0) is 14.2. The van der Waals surface area contributed by atoms with Crippen LogP contribution in [0.4, 0.5) is 17.6 Å². The second-order valence-corrected chi connectivity index (χ2v) is 4.59. The van der Waals surface area contributed by atoms with E-state index >= 15 is 0 Å². The molecule has 2 atom stereocenters. The van der Waals surface area contributed by atoms with Crippen LogP contribution in [0.1, 0.15) is 24.4 Å². The zero-order valence-electron chi connectivity index (χ0n) is 10.2. The summed E-state index contributed by atoms with van der Waals surface area (Å²) in [5, 5.41) is 9.80. The van der Waals surface area contributed by atoms with Gasteiger partial charge in [0.25, 0.3) is 0 Å². The van der Waals surface area contributed by atoms with Gasteiger partial charge >= 0.3 is 6.36 Å². The third kappa shape index (κ3) is 4.22. The molecule has 0 aliphatic heterocycles. The molecule has 3 nitrogen and oxygen atoms in total. The summed E-state index contributed by atoms with van der Waals surface area (Å²) >= 11 is 0. The van der Waals surface area contributed by atoms with Crippen LogP contribution in [0.15, 0.2) is 18.2 Å². The van der Waals surface area contributed by atoms with Crippen molar-refractivity contribution >= 4 is 12.4 Å². The molecule has 1 aromatic carbocycles. The van der Waals surface area contributed by atoms with Gasteiger partial charge in [-0.3, -0.25) is 0 Å². The van der Waals surface area contributed by atoms with Gasteiger partial charge in [-0.2, -0.15) is 0 Å². The Kier molecular flexibility index (Phi) is 5.23. The summed E-state index contributed by atoms with van der Waals surface area (Å²) in [5.74, 6) is -1.98. The highest BCUT2D eigenvalue weighted by Crippen LogP contribution is 2.37. The lowest BCUT2D eigenvalue weighted by Gasteiger charge is -2.19. The number of rotatable bonds is 4. The van der Waals surface area contributed by atoms with Gasteiger partial charge in [0.15, 0.2) is 11.6 Å². The van der Waals surface area contributed by atoms with Crippen LogP contribution in [0, 0.1) is 11.7 Å². The smallest absolute Gasteiger partial charge is 0.403 e. The molecule has 1 aliphatic carbocycles. The largest absolute Gasteiger partial charge is 0.573 e. The van der Waals surface area contributed by atoms with Crippen molar-refractivity contribution < 1.29 is 27.4 Å². The van der Waals surface area contributed by atoms with E-state index in [1.54, 1.807) is 0 Å². The van der Waals surface area contributed by atoms with Crippen LogP contribution in [0.25, 0.3) is 0 Å². The molecule has 0 spiro atoms. The van der Waals surface area contributed by atoms with E-state index in [0.29, 0.717) is 0 Å². The Morgan fingerprint density at radius 3 is 2.35 bits per heavy atom. The number of hydrogen-bond acceptors (Lipinski definition) is 3. The number of aliphatic hydroxyl groups is 1. The summed E-state index contributed by atoms with van der Waals surface area (Å²) in [7, 11) is 0. The normalized spacial score (nSPS) is 18.1. The van der Waals surface area contributed by atoms with Gasteiger partial charge < -0.3 is 15.6 Å². The summed E-state index contributed by atoms with van der Waals surface area (Å²) in [6.45, 7) is 0. The number of halogens is 5. The van der Waals surface area contributed by atoms with Crippen molar-refractivity contribution in [3.63, 3.8) is 0 Å². The Bertz CT molecular complexity index is 465. The SMILES string of the molecule is Cl.N[C@H](c1ccc(OC(F)(F)F)c(F)c1)[C@@H](O)C1CC1. The molecule has 0 saturated heterocycles. The van der Waals surface area contributed by atoms with Crippen molar-refractivity contribution in [2.45, 2.75) is 31.3 Å². The van der Waals surface area contributed by atoms with Crippen LogP contribution in [0.3, 0.4) is 0 Å². The summed E-state index contributed by atoms with van der Waals surface area (Å²) in [5.41, 5.74) is 5.99. The highest BCUT2D eigenvalue weighted by atomic mass is 35.5. The van der Waals surface area contributed by atoms with Gasteiger partial charge in [-0.15, -0.1) is 25.6 Å². The molecule has 0 unspecified atom stereocenters. The predicted octanol–water partition coefficient (Wildman–Crippen LogP) is 2.92. The van der Waals surface area contributed by atoms with Gasteiger partial charge in [0.05, 0.1) is 12.1 Å². The van der Waals surface area contributed by atoms with Gasteiger partial charge in [0.1, 0.15) is 0 Å². The van der Waals surface area contributed by atoms with Crippen molar-refractivity contribution in [2.24, 2.45) is 11.7 Å². The van der Waals surface area contributed by atoms with Crippen molar-refractivity contribution in [3.8, 4) is 5.75 Å². The van der Waals surface area contributed by atoms with E-state index in [0.717, 1.165) is 25.0 Å². The monoisotopic (exact) mass is 315 g/mol. The maximum absolute atomic E-state index is 13.5. The average Bonchev–Trinajstić information content (AvgIpc) is 3.12. The Balaban J connectivity index is 0.00000200. The lowest BCUT2D eigenvalue weighted by Crippen LogP contribution is -2.28. The minimum absolute atomic E-state index is 0. The maximum atomic E-state index is 13.5. The lowest BCUT2D eigenvalue weighted by molar-refractivity contribution is -0.275. The Morgan fingerprint density at radius 1 is 1.30 bits per heavy atom. The summed E-state index contributed by atoms with van der Waals surface area (Å²) < 4.78 is 52.9. The molecule has 3 N–H and O–H groups in total. The lowest BCUT2D eigenvalue weighted by atomic mass is 9.99. The first-order valence-corrected chi connectivity index (χ1v) is 5.77. The predicted molar refractivity (Wildman–Crippen MR) is 66.0 cm³/mol. The highest BCUT2D eigenvalue weighted by Gasteiger charge is 2.35. The van der Waals surface area contributed by atoms with E-state index in [4.69, 9.17) is 5.73 Å². The second-order valence-electron chi connectivity index (χ2n) is 4.59. The van der Waals surface area contributed by atoms with Gasteiger partial charge in [-0.25, -0.2) is 4.39 Å². The van der Waals surface area contributed by atoms with Crippen molar-refractivity contribution in [3.05, 3.63) is 29.6 Å². The third-order valence-corrected chi connectivity index (χ3v) is 3.04. The Morgan fingerprint density at radius 2 is 1.90 bits per heavy atom. The molecule has 0 heterocycles. The molecule has 0 bridgehead atoms. The molecule has 20 heavy (non-hydrogen) atoms. The van der Waals surface area contributed by atoms with Crippen LogP contribution in [0.5, 0.6) is 5.75 Å². The fourth-order valence-corrected chi connectivity index (χ4v) is 1.86. The van der Waals surface area contributed by atoms with Crippen LogP contribution < -0.4 is 10.5 Å². The van der Waals surface area contributed by atoms with Crippen LogP contribution in [0.2, 0.25) is 0 Å². The Labute approximate surface area is 119 Å². The van der Waals surface area contributed by atoms with E-state index in [9.17, 15) is 22.7 Å². The number of nitrogens with two attached hydrogens (primary N) is 1. The summed E-state index contributed by atoms with van der Waals surface area (Å²) in [6.07, 6.45) is -4.05. The first-order chi connectivity index (χ1) is 8.78. The molecule has 0 amide bonds. The fraction of sp³-hybridized carbons (Fsp3) is 0.500. The van der Waals surface area contributed by atoms with E-state index in [1.807, 2.05) is 0 Å². The standard InChI is InChI=1S/C12H13F4NO2.ClH/c13-8-5-7(10(17)11(18)6-1-2-6)3-4-9(8)19-12(14,15)16;/h3-6,10-11,18H,1-2,17H2;1H/t10-,11+;/m1./s1. The molecule has 2 rings (SSSR count). The first kappa shape index (κ1) is 17.0. The van der Waals surface area contributed by atoms with Crippen LogP contribution >= 0.6 is 12.4 Å². The number of ether oxygens (including phenoxy) is 1. The molecule has 8 heteroatoms. The molecular weight excluding hydrogens is 302 g/mol. The van der Waals surface area contributed by atoms with E-state index in [1.165, 1.54) is 6.07 Å². The first-order valence-electron chi connectivity index (χ1n) is 5.77. The van der Waals surface area contributed by atoms with Gasteiger partial charge in [-0.1, -0.05) is 6.07 Å². The average molecular weight is 316 g/mol. The molecule has 1 aromatic rings. The molecule has 0 radical (unpaired) electrons. The minimum atomic E-state index is -4.95. The molecule has 1 saturated carbocycles. The van der Waals surface area contributed by atoms with E-state index < -0.39 is 30.1 Å². The molecule has 1 fully saturated rings. The Hall–Kier alpha value is -1.05. The van der Waals surface area contributed by atoms with E-state index in [-0.39, 0.29) is 23.9 Å². The molecular formula is C12H14ClF4NO2. The summed E-state index contributed by atoms with van der Waals surface area (Å²) in [6, 6.07) is 2.12. The third-order valence-electron chi connectivity index (χ3n) is 3.04.